The molecule has 0 radical (unpaired) electrons. The van der Waals surface area contributed by atoms with Gasteiger partial charge in [-0.05, 0) is 123 Å². The summed E-state index contributed by atoms with van der Waals surface area (Å²) >= 11 is 0. The molecule has 0 saturated carbocycles. The highest BCUT2D eigenvalue weighted by Gasteiger charge is 2.16. The van der Waals surface area contributed by atoms with Crippen LogP contribution in [0.3, 0.4) is 0 Å². The average Bonchev–Trinajstić information content (AvgIpc) is 3.58. The topological polar surface area (TPSA) is 8.17 Å². The van der Waals surface area contributed by atoms with E-state index in [9.17, 15) is 0 Å². The van der Waals surface area contributed by atoms with Gasteiger partial charge in [-0.2, -0.15) is 0 Å². The third kappa shape index (κ3) is 5.71. The highest BCUT2D eigenvalue weighted by Crippen LogP contribution is 2.39. The van der Waals surface area contributed by atoms with Crippen molar-refractivity contribution in [1.29, 1.82) is 0 Å². The first-order valence-electron chi connectivity index (χ1n) is 18.5. The summed E-state index contributed by atoms with van der Waals surface area (Å²) in [7, 11) is 0. The van der Waals surface area contributed by atoms with Gasteiger partial charge in [-0.1, -0.05) is 140 Å². The minimum Gasteiger partial charge on any atom is -0.310 e. The molecule has 0 N–H and O–H groups in total. The molecule has 254 valence electrons. The van der Waals surface area contributed by atoms with E-state index in [1.54, 1.807) is 0 Å². The van der Waals surface area contributed by atoms with Crippen LogP contribution in [0, 0.1) is 0 Å². The fraction of sp³-hybridized carbons (Fsp3) is 0. The van der Waals surface area contributed by atoms with Crippen LogP contribution in [-0.2, 0) is 0 Å². The van der Waals surface area contributed by atoms with Gasteiger partial charge in [0.05, 0.1) is 11.0 Å². The molecule has 10 rings (SSSR count). The molecule has 0 fully saturated rings. The third-order valence-electron chi connectivity index (χ3n) is 10.5. The van der Waals surface area contributed by atoms with Crippen LogP contribution in [0.15, 0.2) is 218 Å². The Kier molecular flexibility index (Phi) is 7.85. The number of rotatable bonds is 7. The molecule has 0 atom stereocenters. The van der Waals surface area contributed by atoms with E-state index in [1.807, 2.05) is 0 Å². The molecule has 0 unspecified atom stereocenters. The third-order valence-corrected chi connectivity index (χ3v) is 10.5. The molecule has 0 spiro atoms. The summed E-state index contributed by atoms with van der Waals surface area (Å²) in [5.74, 6) is 0. The number of nitrogens with zero attached hydrogens (tertiary/aromatic N) is 2. The SMILES string of the molecule is c1ccc(N(c2ccc(-c3ccc4ccccc4c3)cc2)c2cccc(-c3cccc(-c4ccc5c(c4)c4ccccc4n5-c4ccccc4)c3)c2)cc1. The number of aromatic nitrogens is 1. The van der Waals surface area contributed by atoms with Crippen LogP contribution in [0.25, 0.3) is 71.6 Å². The largest absolute Gasteiger partial charge is 0.310 e. The van der Waals surface area contributed by atoms with Gasteiger partial charge in [0.15, 0.2) is 0 Å². The lowest BCUT2D eigenvalue weighted by Crippen LogP contribution is -2.09. The van der Waals surface area contributed by atoms with E-state index >= 15 is 0 Å². The molecule has 9 aromatic carbocycles. The molecular weight excluding hydrogens is 653 g/mol. The Hall–Kier alpha value is -7.16. The van der Waals surface area contributed by atoms with Gasteiger partial charge in [-0.15, -0.1) is 0 Å². The van der Waals surface area contributed by atoms with E-state index in [2.05, 4.69) is 228 Å². The first-order chi connectivity index (χ1) is 26.8. The van der Waals surface area contributed by atoms with Gasteiger partial charge in [0.25, 0.3) is 0 Å². The highest BCUT2D eigenvalue weighted by atomic mass is 15.1. The van der Waals surface area contributed by atoms with Crippen molar-refractivity contribution >= 4 is 49.6 Å². The van der Waals surface area contributed by atoms with E-state index in [1.165, 1.54) is 71.6 Å². The molecule has 10 aromatic rings. The lowest BCUT2D eigenvalue weighted by atomic mass is 9.97. The van der Waals surface area contributed by atoms with Crippen LogP contribution in [0.4, 0.5) is 17.1 Å². The van der Waals surface area contributed by atoms with Gasteiger partial charge >= 0.3 is 0 Å². The van der Waals surface area contributed by atoms with E-state index in [0.717, 1.165) is 17.1 Å². The summed E-state index contributed by atoms with van der Waals surface area (Å²) in [4.78, 5) is 2.34. The second-order valence-electron chi connectivity index (χ2n) is 13.8. The second-order valence-corrected chi connectivity index (χ2v) is 13.8. The van der Waals surface area contributed by atoms with Gasteiger partial charge in [-0.25, -0.2) is 0 Å². The Morgan fingerprint density at radius 3 is 1.61 bits per heavy atom. The minimum absolute atomic E-state index is 1.11. The summed E-state index contributed by atoms with van der Waals surface area (Å²) in [6, 6.07) is 78.8. The maximum atomic E-state index is 2.37. The molecule has 1 heterocycles. The van der Waals surface area contributed by atoms with E-state index in [4.69, 9.17) is 0 Å². The fourth-order valence-corrected chi connectivity index (χ4v) is 7.91. The monoisotopic (exact) mass is 688 g/mol. The van der Waals surface area contributed by atoms with Gasteiger partial charge in [0.1, 0.15) is 0 Å². The molecule has 0 saturated heterocycles. The minimum atomic E-state index is 1.11. The average molecular weight is 689 g/mol. The predicted octanol–water partition coefficient (Wildman–Crippen LogP) is 14.4. The Balaban J connectivity index is 1.01. The van der Waals surface area contributed by atoms with Crippen molar-refractivity contribution in [3.05, 3.63) is 218 Å². The summed E-state index contributed by atoms with van der Waals surface area (Å²) in [5, 5.41) is 5.02. The van der Waals surface area contributed by atoms with Crippen molar-refractivity contribution in [2.24, 2.45) is 0 Å². The normalized spacial score (nSPS) is 11.3. The van der Waals surface area contributed by atoms with Gasteiger partial charge in [0, 0.05) is 33.5 Å². The number of hydrogen-bond donors (Lipinski definition) is 0. The van der Waals surface area contributed by atoms with Gasteiger partial charge < -0.3 is 9.47 Å². The lowest BCUT2D eigenvalue weighted by molar-refractivity contribution is 1.18. The zero-order chi connectivity index (χ0) is 35.8. The van der Waals surface area contributed by atoms with Crippen LogP contribution in [-0.4, -0.2) is 4.57 Å². The van der Waals surface area contributed by atoms with Crippen LogP contribution in [0.2, 0.25) is 0 Å². The molecule has 0 aliphatic carbocycles. The van der Waals surface area contributed by atoms with E-state index < -0.39 is 0 Å². The molecule has 54 heavy (non-hydrogen) atoms. The molecule has 0 aliphatic heterocycles. The van der Waals surface area contributed by atoms with Gasteiger partial charge in [-0.3, -0.25) is 0 Å². The van der Waals surface area contributed by atoms with E-state index in [0.29, 0.717) is 0 Å². The van der Waals surface area contributed by atoms with Crippen molar-refractivity contribution in [3.63, 3.8) is 0 Å². The van der Waals surface area contributed by atoms with Crippen LogP contribution in [0.1, 0.15) is 0 Å². The highest BCUT2D eigenvalue weighted by molar-refractivity contribution is 6.10. The van der Waals surface area contributed by atoms with Crippen LogP contribution >= 0.6 is 0 Å². The Morgan fingerprint density at radius 2 is 0.815 bits per heavy atom. The van der Waals surface area contributed by atoms with Crippen molar-refractivity contribution in [3.8, 4) is 39.1 Å². The van der Waals surface area contributed by atoms with Crippen LogP contribution in [0.5, 0.6) is 0 Å². The van der Waals surface area contributed by atoms with Gasteiger partial charge in [0.2, 0.25) is 0 Å². The number of fused-ring (bicyclic) bond motifs is 4. The smallest absolute Gasteiger partial charge is 0.0541 e. The predicted molar refractivity (Wildman–Crippen MR) is 229 cm³/mol. The molecule has 2 heteroatoms. The first-order valence-corrected chi connectivity index (χ1v) is 18.5. The lowest BCUT2D eigenvalue weighted by Gasteiger charge is -2.26. The quantitative estimate of drug-likeness (QED) is 0.162. The molecule has 1 aromatic heterocycles. The Morgan fingerprint density at radius 1 is 0.278 bits per heavy atom. The van der Waals surface area contributed by atoms with Crippen molar-refractivity contribution < 1.29 is 0 Å². The Bertz CT molecular complexity index is 2920. The number of para-hydroxylation sites is 3. The number of hydrogen-bond acceptors (Lipinski definition) is 1. The maximum Gasteiger partial charge on any atom is 0.0541 e. The summed E-state index contributed by atoms with van der Waals surface area (Å²) in [6.07, 6.45) is 0. The molecular formula is C52H36N2. The van der Waals surface area contributed by atoms with Crippen LogP contribution < -0.4 is 4.90 Å². The molecule has 0 aliphatic rings. The van der Waals surface area contributed by atoms with Crippen molar-refractivity contribution in [2.75, 3.05) is 4.90 Å². The molecule has 2 nitrogen and oxygen atoms in total. The zero-order valence-electron chi connectivity index (χ0n) is 29.7. The summed E-state index contributed by atoms with van der Waals surface area (Å²) in [6.45, 7) is 0. The van der Waals surface area contributed by atoms with Crippen molar-refractivity contribution in [1.82, 2.24) is 4.57 Å². The first kappa shape index (κ1) is 31.6. The Labute approximate surface area is 315 Å². The second kappa shape index (κ2) is 13.4. The summed E-state index contributed by atoms with van der Waals surface area (Å²) in [5.41, 5.74) is 14.1. The number of benzene rings is 9. The number of anilines is 3. The summed E-state index contributed by atoms with van der Waals surface area (Å²) < 4.78 is 2.37. The zero-order valence-corrected chi connectivity index (χ0v) is 29.7. The fourth-order valence-electron chi connectivity index (χ4n) is 7.91. The van der Waals surface area contributed by atoms with Crippen molar-refractivity contribution in [2.45, 2.75) is 0 Å². The maximum absolute atomic E-state index is 2.37. The molecule has 0 amide bonds. The van der Waals surface area contributed by atoms with E-state index in [-0.39, 0.29) is 0 Å². The standard InChI is InChI=1S/C52H36N2/c1-3-18-45(19-4-1)53(47-30-27-38(28-31-47)43-26-25-37-13-7-8-14-39(37)33-43)48-22-12-17-42(35-48)40-15-11-16-41(34-40)44-29-32-52-50(36-44)49-23-9-10-24-51(49)54(52)46-20-5-2-6-21-46/h1-36H. The molecule has 0 bridgehead atoms.